The van der Waals surface area contributed by atoms with E-state index in [1.54, 1.807) is 18.5 Å². The molecule has 1 aliphatic heterocycles. The number of hydrogen-bond acceptors (Lipinski definition) is 5. The lowest BCUT2D eigenvalue weighted by atomic mass is 10.1. The minimum absolute atomic E-state index is 0.0471. The number of nitrogens with zero attached hydrogens (tertiary/aromatic N) is 3. The number of nitrogens with one attached hydrogen (secondary N) is 2. The normalized spacial score (nSPS) is 16.5. The molecule has 0 aliphatic carbocycles. The minimum atomic E-state index is -0.0471. The van der Waals surface area contributed by atoms with E-state index in [9.17, 15) is 4.79 Å². The molecule has 0 fully saturated rings. The second-order valence-electron chi connectivity index (χ2n) is 5.63. The molecule has 0 unspecified atom stereocenters. The molecule has 1 aromatic heterocycles. The summed E-state index contributed by atoms with van der Waals surface area (Å²) < 4.78 is 7.41. The number of benzene rings is 1. The van der Waals surface area contributed by atoms with Gasteiger partial charge in [0, 0.05) is 17.5 Å². The Kier molecular flexibility index (Phi) is 5.66. The molecule has 2 aromatic rings. The molecule has 1 atom stereocenters. The standard InChI is InChI=1S/C16H20ClN5O2/c17-12-2-1-3-14(8-12)24-7-6-18-16(23)9-19-13-4-5-15-20-11-21-22(15)10-13/h1-3,8,11,13,19H,4-7,9-10H2,(H,18,23)/t13-/m0/s1. The van der Waals surface area contributed by atoms with Crippen LogP contribution in [0.25, 0.3) is 0 Å². The highest BCUT2D eigenvalue weighted by atomic mass is 35.5. The smallest absolute Gasteiger partial charge is 0.234 e. The first kappa shape index (κ1) is 16.7. The predicted molar refractivity (Wildman–Crippen MR) is 90.1 cm³/mol. The van der Waals surface area contributed by atoms with Crippen molar-refractivity contribution in [2.24, 2.45) is 0 Å². The average Bonchev–Trinajstić information content (AvgIpc) is 3.05. The molecular weight excluding hydrogens is 330 g/mol. The fourth-order valence-corrected chi connectivity index (χ4v) is 2.80. The van der Waals surface area contributed by atoms with E-state index in [4.69, 9.17) is 16.3 Å². The fourth-order valence-electron chi connectivity index (χ4n) is 2.62. The largest absolute Gasteiger partial charge is 0.492 e. The Morgan fingerprint density at radius 2 is 2.38 bits per heavy atom. The van der Waals surface area contributed by atoms with E-state index in [1.807, 2.05) is 16.8 Å². The fraction of sp³-hybridized carbons (Fsp3) is 0.438. The Balaban J connectivity index is 1.30. The molecule has 0 spiro atoms. The zero-order valence-electron chi connectivity index (χ0n) is 13.2. The Morgan fingerprint density at radius 3 is 3.25 bits per heavy atom. The quantitative estimate of drug-likeness (QED) is 0.730. The van der Waals surface area contributed by atoms with Gasteiger partial charge in [-0.3, -0.25) is 4.79 Å². The lowest BCUT2D eigenvalue weighted by molar-refractivity contribution is -0.120. The Bertz CT molecular complexity index is 691. The van der Waals surface area contributed by atoms with Crippen LogP contribution in [0.2, 0.25) is 5.02 Å². The van der Waals surface area contributed by atoms with Crippen LogP contribution >= 0.6 is 11.6 Å². The van der Waals surface area contributed by atoms with Gasteiger partial charge in [0.2, 0.25) is 5.91 Å². The van der Waals surface area contributed by atoms with Crippen molar-refractivity contribution in [3.8, 4) is 5.75 Å². The van der Waals surface area contributed by atoms with Crippen LogP contribution in [0, 0.1) is 0 Å². The van der Waals surface area contributed by atoms with Crippen molar-refractivity contribution in [1.82, 2.24) is 25.4 Å². The summed E-state index contributed by atoms with van der Waals surface area (Å²) in [4.78, 5) is 16.1. The van der Waals surface area contributed by atoms with Crippen LogP contribution in [0.3, 0.4) is 0 Å². The molecule has 3 rings (SSSR count). The van der Waals surface area contributed by atoms with Crippen LogP contribution in [-0.4, -0.2) is 46.4 Å². The lowest BCUT2D eigenvalue weighted by Gasteiger charge is -2.23. The minimum Gasteiger partial charge on any atom is -0.492 e. The number of aryl methyl sites for hydroxylation is 1. The molecule has 8 heteroatoms. The molecule has 1 aromatic carbocycles. The summed E-state index contributed by atoms with van der Waals surface area (Å²) in [7, 11) is 0. The van der Waals surface area contributed by atoms with Gasteiger partial charge in [-0.25, -0.2) is 9.67 Å². The topological polar surface area (TPSA) is 81.1 Å². The van der Waals surface area contributed by atoms with Gasteiger partial charge in [0.05, 0.1) is 19.6 Å². The molecule has 2 heterocycles. The van der Waals surface area contributed by atoms with Gasteiger partial charge in [-0.15, -0.1) is 0 Å². The first-order chi connectivity index (χ1) is 11.7. The van der Waals surface area contributed by atoms with E-state index in [2.05, 4.69) is 20.7 Å². The van der Waals surface area contributed by atoms with Crippen molar-refractivity contribution in [3.05, 3.63) is 41.4 Å². The summed E-state index contributed by atoms with van der Waals surface area (Å²) in [5.41, 5.74) is 0. The van der Waals surface area contributed by atoms with E-state index in [1.165, 1.54) is 0 Å². The zero-order valence-corrected chi connectivity index (χ0v) is 14.0. The third kappa shape index (κ3) is 4.69. The molecule has 1 amide bonds. The lowest BCUT2D eigenvalue weighted by Crippen LogP contribution is -2.44. The second kappa shape index (κ2) is 8.12. The molecule has 0 saturated heterocycles. The van der Waals surface area contributed by atoms with Crippen LogP contribution in [0.1, 0.15) is 12.2 Å². The van der Waals surface area contributed by atoms with Crippen LogP contribution in [0.5, 0.6) is 5.75 Å². The molecule has 0 saturated carbocycles. The van der Waals surface area contributed by atoms with Crippen LogP contribution in [0.15, 0.2) is 30.6 Å². The van der Waals surface area contributed by atoms with Gasteiger partial charge >= 0.3 is 0 Å². The summed E-state index contributed by atoms with van der Waals surface area (Å²) >= 11 is 5.88. The van der Waals surface area contributed by atoms with E-state index >= 15 is 0 Å². The van der Waals surface area contributed by atoms with Crippen molar-refractivity contribution >= 4 is 17.5 Å². The first-order valence-corrected chi connectivity index (χ1v) is 8.33. The number of rotatable bonds is 7. The summed E-state index contributed by atoms with van der Waals surface area (Å²) in [5, 5.41) is 10.9. The SMILES string of the molecule is O=C(CN[C@H]1CCc2ncnn2C1)NCCOc1cccc(Cl)c1. The van der Waals surface area contributed by atoms with E-state index < -0.39 is 0 Å². The van der Waals surface area contributed by atoms with Gasteiger partial charge in [-0.1, -0.05) is 17.7 Å². The van der Waals surface area contributed by atoms with Gasteiger partial charge in [0.25, 0.3) is 0 Å². The molecular formula is C16H20ClN5O2. The number of ether oxygens (including phenoxy) is 1. The Labute approximate surface area is 145 Å². The number of halogens is 1. The molecule has 0 bridgehead atoms. The predicted octanol–water partition coefficient (Wildman–Crippen LogP) is 1.03. The number of hydrogen-bond donors (Lipinski definition) is 2. The van der Waals surface area contributed by atoms with Gasteiger partial charge in [0.15, 0.2) is 0 Å². The highest BCUT2D eigenvalue weighted by molar-refractivity contribution is 6.30. The molecule has 7 nitrogen and oxygen atoms in total. The first-order valence-electron chi connectivity index (χ1n) is 7.96. The maximum atomic E-state index is 11.9. The molecule has 1 aliphatic rings. The number of carbonyl (C=O) groups is 1. The maximum absolute atomic E-state index is 11.9. The van der Waals surface area contributed by atoms with Crippen molar-refractivity contribution in [2.45, 2.75) is 25.4 Å². The summed E-state index contributed by atoms with van der Waals surface area (Å²) in [6, 6.07) is 7.43. The molecule has 128 valence electrons. The van der Waals surface area contributed by atoms with Crippen molar-refractivity contribution in [1.29, 1.82) is 0 Å². The third-order valence-corrected chi connectivity index (χ3v) is 4.08. The summed E-state index contributed by atoms with van der Waals surface area (Å²) in [5.74, 6) is 1.66. The van der Waals surface area contributed by atoms with Crippen LogP contribution < -0.4 is 15.4 Å². The van der Waals surface area contributed by atoms with Crippen molar-refractivity contribution in [2.75, 3.05) is 19.7 Å². The second-order valence-corrected chi connectivity index (χ2v) is 6.07. The third-order valence-electron chi connectivity index (χ3n) is 3.85. The van der Waals surface area contributed by atoms with Crippen molar-refractivity contribution in [3.63, 3.8) is 0 Å². The number of amides is 1. The molecule has 24 heavy (non-hydrogen) atoms. The maximum Gasteiger partial charge on any atom is 0.234 e. The van der Waals surface area contributed by atoms with Gasteiger partial charge < -0.3 is 15.4 Å². The van der Waals surface area contributed by atoms with E-state index in [0.29, 0.717) is 23.9 Å². The Hall–Kier alpha value is -2.12. The number of carbonyl (C=O) groups excluding carboxylic acids is 1. The zero-order chi connectivity index (χ0) is 16.8. The van der Waals surface area contributed by atoms with E-state index in [0.717, 1.165) is 25.2 Å². The van der Waals surface area contributed by atoms with Gasteiger partial charge in [0.1, 0.15) is 24.5 Å². The van der Waals surface area contributed by atoms with E-state index in [-0.39, 0.29) is 18.5 Å². The van der Waals surface area contributed by atoms with Crippen LogP contribution in [-0.2, 0) is 17.8 Å². The highest BCUT2D eigenvalue weighted by Gasteiger charge is 2.19. The van der Waals surface area contributed by atoms with Gasteiger partial charge in [-0.2, -0.15) is 5.10 Å². The van der Waals surface area contributed by atoms with Crippen LogP contribution in [0.4, 0.5) is 0 Å². The highest BCUT2D eigenvalue weighted by Crippen LogP contribution is 2.16. The Morgan fingerprint density at radius 1 is 1.46 bits per heavy atom. The van der Waals surface area contributed by atoms with Gasteiger partial charge in [-0.05, 0) is 24.6 Å². The average molecular weight is 350 g/mol. The molecule has 0 radical (unpaired) electrons. The summed E-state index contributed by atoms with van der Waals surface area (Å²) in [6.45, 7) is 1.88. The molecule has 2 N–H and O–H groups in total. The van der Waals surface area contributed by atoms with Crippen molar-refractivity contribution < 1.29 is 9.53 Å². The number of aromatic nitrogens is 3. The monoisotopic (exact) mass is 349 g/mol. The summed E-state index contributed by atoms with van der Waals surface area (Å²) in [6.07, 6.45) is 3.42. The number of fused-ring (bicyclic) bond motifs is 1.